The maximum Gasteiger partial charge on any atom is 0.311 e. The SMILES string of the molecule is O=C(O)C(Cc1c(F)cccc1Cl)c1cccc(F)c1. The monoisotopic (exact) mass is 296 g/mol. The van der Waals surface area contributed by atoms with Crippen LogP contribution in [0, 0.1) is 11.6 Å². The molecule has 0 fully saturated rings. The van der Waals surface area contributed by atoms with Crippen LogP contribution in [-0.2, 0) is 11.2 Å². The van der Waals surface area contributed by atoms with Crippen LogP contribution in [0.15, 0.2) is 42.5 Å². The molecule has 0 bridgehead atoms. The molecular formula is C15H11ClF2O2. The van der Waals surface area contributed by atoms with E-state index in [0.717, 1.165) is 6.07 Å². The molecule has 0 aliphatic carbocycles. The summed E-state index contributed by atoms with van der Waals surface area (Å²) >= 11 is 5.89. The van der Waals surface area contributed by atoms with E-state index in [-0.39, 0.29) is 22.6 Å². The zero-order chi connectivity index (χ0) is 14.7. The Balaban J connectivity index is 2.38. The number of hydrogen-bond acceptors (Lipinski definition) is 1. The molecule has 0 heterocycles. The Morgan fingerprint density at radius 2 is 1.90 bits per heavy atom. The molecule has 5 heteroatoms. The second-order valence-corrected chi connectivity index (χ2v) is 4.76. The molecule has 2 rings (SSSR count). The van der Waals surface area contributed by atoms with Crippen molar-refractivity contribution in [2.75, 3.05) is 0 Å². The highest BCUT2D eigenvalue weighted by Gasteiger charge is 2.23. The third kappa shape index (κ3) is 3.14. The second kappa shape index (κ2) is 6.01. The van der Waals surface area contributed by atoms with E-state index in [1.807, 2.05) is 0 Å². The zero-order valence-electron chi connectivity index (χ0n) is 10.3. The van der Waals surface area contributed by atoms with E-state index in [1.165, 1.54) is 36.4 Å². The van der Waals surface area contributed by atoms with Crippen LogP contribution in [0.2, 0.25) is 5.02 Å². The van der Waals surface area contributed by atoms with Crippen LogP contribution < -0.4 is 0 Å². The summed E-state index contributed by atoms with van der Waals surface area (Å²) in [5, 5.41) is 9.43. The molecule has 1 N–H and O–H groups in total. The molecule has 2 nitrogen and oxygen atoms in total. The summed E-state index contributed by atoms with van der Waals surface area (Å²) in [4.78, 5) is 11.4. The smallest absolute Gasteiger partial charge is 0.311 e. The highest BCUT2D eigenvalue weighted by molar-refractivity contribution is 6.31. The molecule has 1 unspecified atom stereocenters. The molecule has 2 aromatic carbocycles. The molecule has 0 amide bonds. The molecule has 0 aliphatic rings. The van der Waals surface area contributed by atoms with E-state index < -0.39 is 23.5 Å². The highest BCUT2D eigenvalue weighted by atomic mass is 35.5. The molecule has 0 aromatic heterocycles. The Labute approximate surface area is 119 Å². The van der Waals surface area contributed by atoms with E-state index in [1.54, 1.807) is 0 Å². The van der Waals surface area contributed by atoms with Crippen molar-refractivity contribution in [1.29, 1.82) is 0 Å². The van der Waals surface area contributed by atoms with Crippen molar-refractivity contribution >= 4 is 17.6 Å². The Kier molecular flexibility index (Phi) is 4.35. The van der Waals surface area contributed by atoms with E-state index in [0.29, 0.717) is 0 Å². The van der Waals surface area contributed by atoms with Crippen LogP contribution in [0.4, 0.5) is 8.78 Å². The van der Waals surface area contributed by atoms with Crippen LogP contribution >= 0.6 is 11.6 Å². The fourth-order valence-corrected chi connectivity index (χ4v) is 2.24. The largest absolute Gasteiger partial charge is 0.481 e. The zero-order valence-corrected chi connectivity index (χ0v) is 11.1. The molecule has 1 atom stereocenters. The molecule has 20 heavy (non-hydrogen) atoms. The molecular weight excluding hydrogens is 286 g/mol. The quantitative estimate of drug-likeness (QED) is 0.925. The third-order valence-electron chi connectivity index (χ3n) is 3.02. The lowest BCUT2D eigenvalue weighted by Gasteiger charge is -2.14. The first-order chi connectivity index (χ1) is 9.49. The summed E-state index contributed by atoms with van der Waals surface area (Å²) in [6.07, 6.45) is -0.135. The van der Waals surface area contributed by atoms with Gasteiger partial charge in [0.25, 0.3) is 0 Å². The number of halogens is 3. The number of aliphatic carboxylic acids is 1. The van der Waals surface area contributed by atoms with Crippen molar-refractivity contribution in [1.82, 2.24) is 0 Å². The van der Waals surface area contributed by atoms with Crippen molar-refractivity contribution < 1.29 is 18.7 Å². The van der Waals surface area contributed by atoms with Gasteiger partial charge in [0.05, 0.1) is 5.92 Å². The number of rotatable bonds is 4. The van der Waals surface area contributed by atoms with Gasteiger partial charge < -0.3 is 5.11 Å². The Bertz CT molecular complexity index is 623. The van der Waals surface area contributed by atoms with E-state index in [4.69, 9.17) is 11.6 Å². The van der Waals surface area contributed by atoms with Gasteiger partial charge in [0.15, 0.2) is 0 Å². The van der Waals surface area contributed by atoms with Crippen molar-refractivity contribution in [2.24, 2.45) is 0 Å². The molecule has 0 aliphatic heterocycles. The van der Waals surface area contributed by atoms with Crippen molar-refractivity contribution in [2.45, 2.75) is 12.3 Å². The third-order valence-corrected chi connectivity index (χ3v) is 3.37. The summed E-state index contributed by atoms with van der Waals surface area (Å²) in [6, 6.07) is 9.42. The average Bonchev–Trinajstić information content (AvgIpc) is 2.38. The number of carboxylic acid groups (broad SMARTS) is 1. The molecule has 0 radical (unpaired) electrons. The normalized spacial score (nSPS) is 12.2. The van der Waals surface area contributed by atoms with Gasteiger partial charge in [-0.25, -0.2) is 8.78 Å². The van der Waals surface area contributed by atoms with Gasteiger partial charge in [-0.05, 0) is 36.2 Å². The fraction of sp³-hybridized carbons (Fsp3) is 0.133. The van der Waals surface area contributed by atoms with Gasteiger partial charge in [0.1, 0.15) is 11.6 Å². The van der Waals surface area contributed by atoms with Crippen molar-refractivity contribution in [3.8, 4) is 0 Å². The van der Waals surface area contributed by atoms with Gasteiger partial charge in [0.2, 0.25) is 0 Å². The first-order valence-corrected chi connectivity index (χ1v) is 6.28. The predicted molar refractivity (Wildman–Crippen MR) is 71.9 cm³/mol. The maximum absolute atomic E-state index is 13.7. The van der Waals surface area contributed by atoms with Gasteiger partial charge >= 0.3 is 5.97 Å². The van der Waals surface area contributed by atoms with E-state index in [9.17, 15) is 18.7 Å². The Hall–Kier alpha value is -1.94. The Morgan fingerprint density at radius 3 is 2.50 bits per heavy atom. The number of carbonyl (C=O) groups is 1. The van der Waals surface area contributed by atoms with Crippen molar-refractivity contribution in [3.63, 3.8) is 0 Å². The molecule has 0 spiro atoms. The molecule has 0 saturated heterocycles. The first-order valence-electron chi connectivity index (χ1n) is 5.90. The minimum Gasteiger partial charge on any atom is -0.481 e. The van der Waals surface area contributed by atoms with Crippen LogP contribution in [0.25, 0.3) is 0 Å². The van der Waals surface area contributed by atoms with Gasteiger partial charge in [-0.1, -0.05) is 29.8 Å². The summed E-state index contributed by atoms with van der Waals surface area (Å²) in [5.41, 5.74) is 0.391. The number of carboxylic acids is 1. The summed E-state index contributed by atoms with van der Waals surface area (Å²) in [5.74, 6) is -3.32. The molecule has 2 aromatic rings. The highest BCUT2D eigenvalue weighted by Crippen LogP contribution is 2.27. The minimum atomic E-state index is -1.16. The summed E-state index contributed by atoms with van der Waals surface area (Å²) in [6.45, 7) is 0. The lowest BCUT2D eigenvalue weighted by molar-refractivity contribution is -0.138. The van der Waals surface area contributed by atoms with Crippen LogP contribution in [0.3, 0.4) is 0 Å². The fourth-order valence-electron chi connectivity index (χ4n) is 2.00. The standard InChI is InChI=1S/C15H11ClF2O2/c16-13-5-2-6-14(18)12(13)8-11(15(19)20)9-3-1-4-10(17)7-9/h1-7,11H,8H2,(H,19,20). The maximum atomic E-state index is 13.7. The van der Waals surface area contributed by atoms with Gasteiger partial charge in [-0.3, -0.25) is 4.79 Å². The van der Waals surface area contributed by atoms with E-state index >= 15 is 0 Å². The van der Waals surface area contributed by atoms with Crippen LogP contribution in [0.1, 0.15) is 17.0 Å². The number of benzene rings is 2. The minimum absolute atomic E-state index is 0.117. The lowest BCUT2D eigenvalue weighted by Crippen LogP contribution is -2.15. The van der Waals surface area contributed by atoms with Gasteiger partial charge in [-0.2, -0.15) is 0 Å². The average molecular weight is 297 g/mol. The van der Waals surface area contributed by atoms with Crippen molar-refractivity contribution in [3.05, 3.63) is 70.2 Å². The lowest BCUT2D eigenvalue weighted by atomic mass is 9.92. The molecule has 104 valence electrons. The van der Waals surface area contributed by atoms with Crippen LogP contribution in [-0.4, -0.2) is 11.1 Å². The molecule has 0 saturated carbocycles. The van der Waals surface area contributed by atoms with Crippen LogP contribution in [0.5, 0.6) is 0 Å². The van der Waals surface area contributed by atoms with Gasteiger partial charge in [-0.15, -0.1) is 0 Å². The number of hydrogen-bond donors (Lipinski definition) is 1. The van der Waals surface area contributed by atoms with Gasteiger partial charge in [0, 0.05) is 10.6 Å². The van der Waals surface area contributed by atoms with E-state index in [2.05, 4.69) is 0 Å². The second-order valence-electron chi connectivity index (χ2n) is 4.35. The summed E-state index contributed by atoms with van der Waals surface area (Å²) < 4.78 is 26.9. The first kappa shape index (κ1) is 14.5. The topological polar surface area (TPSA) is 37.3 Å². The Morgan fingerprint density at radius 1 is 1.20 bits per heavy atom. The summed E-state index contributed by atoms with van der Waals surface area (Å²) in [7, 11) is 0. The predicted octanol–water partition coefficient (Wildman–Crippen LogP) is 4.03.